The number of rotatable bonds is 4. The Labute approximate surface area is 128 Å². The molecule has 0 atom stereocenters. The summed E-state index contributed by atoms with van der Waals surface area (Å²) in [5, 5.41) is 0. The molecule has 0 bridgehead atoms. The molecule has 1 aliphatic rings. The highest BCUT2D eigenvalue weighted by atomic mass is 32.2. The average Bonchev–Trinajstić information content (AvgIpc) is 2.68. The summed E-state index contributed by atoms with van der Waals surface area (Å²) in [6.07, 6.45) is 2.73. The summed E-state index contributed by atoms with van der Waals surface area (Å²) in [4.78, 5) is 2.69. The number of sulfonamides is 1. The van der Waals surface area contributed by atoms with Gasteiger partial charge in [-0.2, -0.15) is 4.31 Å². The second-order valence-electron chi connectivity index (χ2n) is 5.62. The number of hydrogen-bond donors (Lipinski definition) is 0. The van der Waals surface area contributed by atoms with Crippen LogP contribution in [0.4, 0.5) is 0 Å². The first kappa shape index (κ1) is 16.2. The van der Waals surface area contributed by atoms with E-state index in [1.54, 1.807) is 10.4 Å². The van der Waals surface area contributed by atoms with Crippen molar-refractivity contribution in [1.82, 2.24) is 9.21 Å². The van der Waals surface area contributed by atoms with Gasteiger partial charge in [0.25, 0.3) is 0 Å². The van der Waals surface area contributed by atoms with E-state index in [0.717, 1.165) is 37.2 Å². The molecule has 0 saturated carbocycles. The lowest BCUT2D eigenvalue weighted by molar-refractivity contribution is 0.316. The van der Waals surface area contributed by atoms with Crippen LogP contribution in [-0.4, -0.2) is 50.3 Å². The molecule has 1 saturated heterocycles. The summed E-state index contributed by atoms with van der Waals surface area (Å²) in [6.45, 7) is 11.2. The van der Waals surface area contributed by atoms with Crippen LogP contribution in [0, 0.1) is 13.8 Å². The highest BCUT2D eigenvalue weighted by molar-refractivity contribution is 7.89. The van der Waals surface area contributed by atoms with Crippen molar-refractivity contribution < 1.29 is 8.42 Å². The number of aryl methyl sites for hydroxylation is 2. The van der Waals surface area contributed by atoms with Crippen molar-refractivity contribution >= 4 is 10.0 Å². The maximum absolute atomic E-state index is 12.9. The molecule has 21 heavy (non-hydrogen) atoms. The fraction of sp³-hybridized carbons (Fsp3) is 0.500. The fourth-order valence-corrected chi connectivity index (χ4v) is 4.46. The maximum atomic E-state index is 12.9. The van der Waals surface area contributed by atoms with E-state index in [2.05, 4.69) is 11.5 Å². The summed E-state index contributed by atoms with van der Waals surface area (Å²) in [5.74, 6) is 0. The molecular formula is C16H24N2O2S. The van der Waals surface area contributed by atoms with E-state index < -0.39 is 10.0 Å². The monoisotopic (exact) mass is 308 g/mol. The van der Waals surface area contributed by atoms with Crippen molar-refractivity contribution in [2.45, 2.75) is 25.2 Å². The average molecular weight is 308 g/mol. The predicted octanol–water partition coefficient (Wildman–Crippen LogP) is 2.19. The van der Waals surface area contributed by atoms with Crippen molar-refractivity contribution in [1.29, 1.82) is 0 Å². The molecule has 0 unspecified atom stereocenters. The van der Waals surface area contributed by atoms with Gasteiger partial charge in [0, 0.05) is 26.2 Å². The molecule has 2 rings (SSSR count). The summed E-state index contributed by atoms with van der Waals surface area (Å²) < 4.78 is 27.4. The summed E-state index contributed by atoms with van der Waals surface area (Å²) >= 11 is 0. The topological polar surface area (TPSA) is 40.6 Å². The maximum Gasteiger partial charge on any atom is 0.243 e. The van der Waals surface area contributed by atoms with Crippen LogP contribution < -0.4 is 0 Å². The molecule has 116 valence electrons. The van der Waals surface area contributed by atoms with Crippen LogP contribution in [0.15, 0.2) is 35.7 Å². The van der Waals surface area contributed by atoms with Crippen molar-refractivity contribution in [3.05, 3.63) is 42.0 Å². The van der Waals surface area contributed by atoms with Gasteiger partial charge in [0.2, 0.25) is 10.0 Å². The molecule has 1 heterocycles. The largest absolute Gasteiger partial charge is 0.298 e. The van der Waals surface area contributed by atoms with Crippen LogP contribution in [0.1, 0.15) is 17.5 Å². The quantitative estimate of drug-likeness (QED) is 0.801. The summed E-state index contributed by atoms with van der Waals surface area (Å²) in [6, 6.07) is 5.60. The van der Waals surface area contributed by atoms with Gasteiger partial charge in [-0.3, -0.25) is 4.90 Å². The van der Waals surface area contributed by atoms with Gasteiger partial charge >= 0.3 is 0 Å². The minimum absolute atomic E-state index is 0.444. The first-order valence-electron chi connectivity index (χ1n) is 7.36. The van der Waals surface area contributed by atoms with E-state index in [4.69, 9.17) is 0 Å². The van der Waals surface area contributed by atoms with E-state index in [1.807, 2.05) is 32.1 Å². The van der Waals surface area contributed by atoms with Gasteiger partial charge in [0.1, 0.15) is 0 Å². The smallest absolute Gasteiger partial charge is 0.243 e. The third-order valence-electron chi connectivity index (χ3n) is 3.90. The molecule has 1 aromatic rings. The van der Waals surface area contributed by atoms with Crippen LogP contribution in [0.2, 0.25) is 0 Å². The van der Waals surface area contributed by atoms with Gasteiger partial charge in [0.05, 0.1) is 4.90 Å². The standard InChI is InChI=1S/C16H24N2O2S/c1-4-8-17-9-5-10-18(12-11-17)21(19,20)16-13-14(2)6-7-15(16)3/h4,6-7,13H,1,5,8-12H2,2-3H3. The molecule has 1 aliphatic heterocycles. The van der Waals surface area contributed by atoms with Gasteiger partial charge in [-0.25, -0.2) is 8.42 Å². The Balaban J connectivity index is 2.23. The van der Waals surface area contributed by atoms with Crippen molar-refractivity contribution in [3.63, 3.8) is 0 Å². The van der Waals surface area contributed by atoms with E-state index >= 15 is 0 Å². The number of nitrogens with zero attached hydrogens (tertiary/aromatic N) is 2. The van der Waals surface area contributed by atoms with Crippen LogP contribution in [-0.2, 0) is 10.0 Å². The number of hydrogen-bond acceptors (Lipinski definition) is 3. The third kappa shape index (κ3) is 3.73. The Morgan fingerprint density at radius 1 is 1.19 bits per heavy atom. The molecule has 4 nitrogen and oxygen atoms in total. The van der Waals surface area contributed by atoms with Gasteiger partial charge in [0.15, 0.2) is 0 Å². The second-order valence-corrected chi connectivity index (χ2v) is 7.52. The van der Waals surface area contributed by atoms with Crippen molar-refractivity contribution in [2.24, 2.45) is 0 Å². The Morgan fingerprint density at radius 3 is 2.67 bits per heavy atom. The van der Waals surface area contributed by atoms with Gasteiger partial charge in [-0.15, -0.1) is 6.58 Å². The minimum Gasteiger partial charge on any atom is -0.298 e. The first-order valence-corrected chi connectivity index (χ1v) is 8.80. The zero-order valence-corrected chi connectivity index (χ0v) is 13.7. The third-order valence-corrected chi connectivity index (χ3v) is 5.94. The van der Waals surface area contributed by atoms with Crippen LogP contribution >= 0.6 is 0 Å². The number of benzene rings is 1. The Kier molecular flexibility index (Phi) is 5.19. The molecule has 0 radical (unpaired) electrons. The Morgan fingerprint density at radius 2 is 1.95 bits per heavy atom. The molecule has 1 fully saturated rings. The molecular weight excluding hydrogens is 284 g/mol. The molecule has 0 spiro atoms. The lowest BCUT2D eigenvalue weighted by Gasteiger charge is -2.22. The van der Waals surface area contributed by atoms with Crippen molar-refractivity contribution in [2.75, 3.05) is 32.7 Å². The van der Waals surface area contributed by atoms with Crippen LogP contribution in [0.5, 0.6) is 0 Å². The van der Waals surface area contributed by atoms with Crippen LogP contribution in [0.3, 0.4) is 0 Å². The predicted molar refractivity (Wildman–Crippen MR) is 85.9 cm³/mol. The molecule has 0 amide bonds. The van der Waals surface area contributed by atoms with Gasteiger partial charge in [-0.1, -0.05) is 18.2 Å². The van der Waals surface area contributed by atoms with Crippen LogP contribution in [0.25, 0.3) is 0 Å². The highest BCUT2D eigenvalue weighted by Gasteiger charge is 2.27. The molecule has 5 heteroatoms. The Bertz CT molecular complexity index is 611. The summed E-state index contributed by atoms with van der Waals surface area (Å²) in [5.41, 5.74) is 1.79. The van der Waals surface area contributed by atoms with E-state index in [-0.39, 0.29) is 0 Å². The lowest BCUT2D eigenvalue weighted by Crippen LogP contribution is -2.35. The SMILES string of the molecule is C=CCN1CCCN(S(=O)(=O)c2cc(C)ccc2C)CC1. The molecule has 0 aliphatic carbocycles. The fourth-order valence-electron chi connectivity index (χ4n) is 2.68. The molecule has 0 N–H and O–H groups in total. The minimum atomic E-state index is -3.40. The lowest BCUT2D eigenvalue weighted by atomic mass is 10.2. The van der Waals surface area contributed by atoms with E-state index in [9.17, 15) is 8.42 Å². The van der Waals surface area contributed by atoms with E-state index in [0.29, 0.717) is 18.0 Å². The highest BCUT2D eigenvalue weighted by Crippen LogP contribution is 2.22. The van der Waals surface area contributed by atoms with Crippen molar-refractivity contribution in [3.8, 4) is 0 Å². The van der Waals surface area contributed by atoms with Gasteiger partial charge in [-0.05, 0) is 44.0 Å². The summed E-state index contributed by atoms with van der Waals surface area (Å²) in [7, 11) is -3.40. The zero-order chi connectivity index (χ0) is 15.5. The first-order chi connectivity index (χ1) is 9.95. The molecule has 1 aromatic carbocycles. The van der Waals surface area contributed by atoms with Gasteiger partial charge < -0.3 is 0 Å². The molecule has 0 aromatic heterocycles. The normalized spacial score (nSPS) is 18.4. The zero-order valence-electron chi connectivity index (χ0n) is 12.9. The van der Waals surface area contributed by atoms with E-state index in [1.165, 1.54) is 0 Å². The second kappa shape index (κ2) is 6.73. The Hall–Kier alpha value is -1.17.